The predicted octanol–water partition coefficient (Wildman–Crippen LogP) is 4.26. The number of fused-ring (bicyclic) bond motifs is 2. The van der Waals surface area contributed by atoms with E-state index in [1.165, 1.54) is 21.3 Å². The molecule has 19 heavy (non-hydrogen) atoms. The molecule has 0 spiro atoms. The third kappa shape index (κ3) is 1.65. The van der Waals surface area contributed by atoms with Crippen molar-refractivity contribution in [3.05, 3.63) is 47.1 Å². The van der Waals surface area contributed by atoms with E-state index in [-0.39, 0.29) is 0 Å². The number of para-hydroxylation sites is 1. The van der Waals surface area contributed by atoms with E-state index in [4.69, 9.17) is 4.98 Å². The number of rotatable bonds is 1. The van der Waals surface area contributed by atoms with Crippen LogP contribution in [0.3, 0.4) is 0 Å². The van der Waals surface area contributed by atoms with Crippen molar-refractivity contribution in [1.82, 2.24) is 9.55 Å². The fraction of sp³-hybridized carbons (Fsp3) is 0.188. The second-order valence-corrected chi connectivity index (χ2v) is 6.02. The Hall–Kier alpha value is -1.87. The van der Waals surface area contributed by atoms with E-state index >= 15 is 0 Å². The fourth-order valence-corrected chi connectivity index (χ4v) is 3.82. The summed E-state index contributed by atoms with van der Waals surface area (Å²) >= 11 is 1.84. The Kier molecular flexibility index (Phi) is 2.35. The molecule has 0 fully saturated rings. The Balaban J connectivity index is 1.97. The quantitative estimate of drug-likeness (QED) is 0.643. The summed E-state index contributed by atoms with van der Waals surface area (Å²) in [5.74, 6) is 0. The topological polar surface area (TPSA) is 17.8 Å². The number of hydrogen-bond donors (Lipinski definition) is 0. The normalized spacial score (nSPS) is 13.9. The number of aromatic nitrogens is 2. The number of thiazole rings is 1. The number of nitrogens with zero attached hydrogens (tertiary/aromatic N) is 2. The first kappa shape index (κ1) is 11.0. The molecule has 1 aromatic carbocycles. The lowest BCUT2D eigenvalue weighted by Crippen LogP contribution is -1.89. The minimum absolute atomic E-state index is 1.13. The van der Waals surface area contributed by atoms with Crippen molar-refractivity contribution in [2.24, 2.45) is 7.05 Å². The molecule has 0 saturated heterocycles. The molecule has 3 heteroatoms. The third-order valence-electron chi connectivity index (χ3n) is 3.67. The molecule has 0 aliphatic heterocycles. The molecule has 3 aromatic rings. The SMILES string of the molecule is Cn1ccc2cccc(-c3nc4c(s3)CCC=C4)c21. The van der Waals surface area contributed by atoms with Gasteiger partial charge in [-0.1, -0.05) is 18.2 Å². The van der Waals surface area contributed by atoms with Gasteiger partial charge in [-0.2, -0.15) is 0 Å². The number of hydrogen-bond acceptors (Lipinski definition) is 2. The molecule has 0 saturated carbocycles. The summed E-state index contributed by atoms with van der Waals surface area (Å²) in [5.41, 5.74) is 3.69. The summed E-state index contributed by atoms with van der Waals surface area (Å²) in [7, 11) is 2.10. The van der Waals surface area contributed by atoms with Crippen molar-refractivity contribution in [3.8, 4) is 10.6 Å². The maximum atomic E-state index is 4.81. The van der Waals surface area contributed by atoms with Crippen LogP contribution >= 0.6 is 11.3 Å². The summed E-state index contributed by atoms with van der Waals surface area (Å²) in [4.78, 5) is 6.23. The van der Waals surface area contributed by atoms with Crippen molar-refractivity contribution >= 4 is 28.3 Å². The lowest BCUT2D eigenvalue weighted by molar-refractivity contribution is 0.970. The fourth-order valence-electron chi connectivity index (χ4n) is 2.73. The Morgan fingerprint density at radius 2 is 2.21 bits per heavy atom. The van der Waals surface area contributed by atoms with Crippen LogP contribution in [0.25, 0.3) is 27.6 Å². The van der Waals surface area contributed by atoms with Crippen molar-refractivity contribution in [2.75, 3.05) is 0 Å². The largest absolute Gasteiger partial charge is 0.350 e. The average Bonchev–Trinajstić information content (AvgIpc) is 3.03. The third-order valence-corrected chi connectivity index (χ3v) is 4.83. The average molecular weight is 266 g/mol. The summed E-state index contributed by atoms with van der Waals surface area (Å²) in [5, 5.41) is 2.42. The van der Waals surface area contributed by atoms with Gasteiger partial charge in [-0.05, 0) is 31.1 Å². The van der Waals surface area contributed by atoms with E-state index < -0.39 is 0 Å². The highest BCUT2D eigenvalue weighted by atomic mass is 32.1. The first-order valence-electron chi connectivity index (χ1n) is 6.53. The van der Waals surface area contributed by atoms with Crippen LogP contribution < -0.4 is 0 Å². The van der Waals surface area contributed by atoms with Crippen LogP contribution in [-0.4, -0.2) is 9.55 Å². The van der Waals surface area contributed by atoms with Crippen LogP contribution in [0, 0.1) is 0 Å². The zero-order valence-electron chi connectivity index (χ0n) is 10.8. The zero-order valence-corrected chi connectivity index (χ0v) is 11.6. The number of allylic oxidation sites excluding steroid dienone is 1. The second kappa shape index (κ2) is 4.07. The monoisotopic (exact) mass is 266 g/mol. The van der Waals surface area contributed by atoms with E-state index in [2.05, 4.69) is 54.2 Å². The number of aryl methyl sites for hydroxylation is 2. The highest BCUT2D eigenvalue weighted by Gasteiger charge is 2.15. The molecule has 2 heterocycles. The number of benzene rings is 1. The molecule has 0 bridgehead atoms. The second-order valence-electron chi connectivity index (χ2n) is 4.94. The van der Waals surface area contributed by atoms with Gasteiger partial charge in [0, 0.05) is 29.1 Å². The summed E-state index contributed by atoms with van der Waals surface area (Å²) in [6.45, 7) is 0. The Morgan fingerprint density at radius 3 is 3.11 bits per heavy atom. The molecule has 0 N–H and O–H groups in total. The van der Waals surface area contributed by atoms with E-state index in [0.717, 1.165) is 23.5 Å². The van der Waals surface area contributed by atoms with Gasteiger partial charge in [0.1, 0.15) is 5.01 Å². The molecule has 94 valence electrons. The van der Waals surface area contributed by atoms with E-state index in [1.54, 1.807) is 0 Å². The lowest BCUT2D eigenvalue weighted by Gasteiger charge is -2.02. The van der Waals surface area contributed by atoms with Gasteiger partial charge < -0.3 is 4.57 Å². The molecule has 1 aliphatic rings. The van der Waals surface area contributed by atoms with Crippen LogP contribution in [0.5, 0.6) is 0 Å². The maximum absolute atomic E-state index is 4.81. The van der Waals surface area contributed by atoms with Gasteiger partial charge in [0.25, 0.3) is 0 Å². The zero-order chi connectivity index (χ0) is 12.8. The summed E-state index contributed by atoms with van der Waals surface area (Å²) < 4.78 is 2.18. The van der Waals surface area contributed by atoms with Gasteiger partial charge in [-0.15, -0.1) is 11.3 Å². The van der Waals surface area contributed by atoms with Gasteiger partial charge in [-0.25, -0.2) is 4.98 Å². The molecule has 0 atom stereocenters. The Bertz CT molecular complexity index is 792. The summed E-state index contributed by atoms with van der Waals surface area (Å²) in [6, 6.07) is 8.61. The molecule has 2 aromatic heterocycles. The molecule has 0 amide bonds. The van der Waals surface area contributed by atoms with Crippen molar-refractivity contribution in [1.29, 1.82) is 0 Å². The van der Waals surface area contributed by atoms with Crippen molar-refractivity contribution in [3.63, 3.8) is 0 Å². The highest BCUT2D eigenvalue weighted by Crippen LogP contribution is 2.35. The van der Waals surface area contributed by atoms with Crippen LogP contribution in [0.2, 0.25) is 0 Å². The van der Waals surface area contributed by atoms with Gasteiger partial charge in [0.2, 0.25) is 0 Å². The van der Waals surface area contributed by atoms with Gasteiger partial charge >= 0.3 is 0 Å². The van der Waals surface area contributed by atoms with E-state index in [1.807, 2.05) is 11.3 Å². The lowest BCUT2D eigenvalue weighted by atomic mass is 10.1. The van der Waals surface area contributed by atoms with Crippen LogP contribution in [0.15, 0.2) is 36.5 Å². The molecular weight excluding hydrogens is 252 g/mol. The Labute approximate surface area is 116 Å². The van der Waals surface area contributed by atoms with Crippen molar-refractivity contribution in [2.45, 2.75) is 12.8 Å². The maximum Gasteiger partial charge on any atom is 0.126 e. The first-order chi connectivity index (χ1) is 9.33. The van der Waals surface area contributed by atoms with Crippen molar-refractivity contribution < 1.29 is 0 Å². The minimum Gasteiger partial charge on any atom is -0.350 e. The van der Waals surface area contributed by atoms with E-state index in [0.29, 0.717) is 0 Å². The first-order valence-corrected chi connectivity index (χ1v) is 7.35. The minimum atomic E-state index is 1.13. The molecule has 4 rings (SSSR count). The summed E-state index contributed by atoms with van der Waals surface area (Å²) in [6.07, 6.45) is 8.76. The van der Waals surface area contributed by atoms with Gasteiger partial charge in [0.15, 0.2) is 0 Å². The Morgan fingerprint density at radius 1 is 1.26 bits per heavy atom. The molecular formula is C16H14N2S. The van der Waals surface area contributed by atoms with Crippen LogP contribution in [-0.2, 0) is 13.5 Å². The van der Waals surface area contributed by atoms with Gasteiger partial charge in [0.05, 0.1) is 11.2 Å². The van der Waals surface area contributed by atoms with Crippen LogP contribution in [0.4, 0.5) is 0 Å². The molecule has 2 nitrogen and oxygen atoms in total. The highest BCUT2D eigenvalue weighted by molar-refractivity contribution is 7.15. The molecule has 1 aliphatic carbocycles. The standard InChI is InChI=1S/C16H14N2S/c1-18-10-9-11-5-4-6-12(15(11)18)16-17-13-7-2-3-8-14(13)19-16/h2,4-7,9-10H,3,8H2,1H3. The van der Waals surface area contributed by atoms with Crippen LogP contribution in [0.1, 0.15) is 17.0 Å². The smallest absolute Gasteiger partial charge is 0.126 e. The predicted molar refractivity (Wildman–Crippen MR) is 81.4 cm³/mol. The van der Waals surface area contributed by atoms with Gasteiger partial charge in [-0.3, -0.25) is 0 Å². The molecule has 0 unspecified atom stereocenters. The molecule has 0 radical (unpaired) electrons. The van der Waals surface area contributed by atoms with E-state index in [9.17, 15) is 0 Å².